The molecular formula is C20H30O4. The van der Waals surface area contributed by atoms with Gasteiger partial charge < -0.3 is 10.2 Å². The van der Waals surface area contributed by atoms with Crippen LogP contribution in [0.15, 0.2) is 36.0 Å². The van der Waals surface area contributed by atoms with Crippen LogP contribution in [0, 0.1) is 5.92 Å². The molecule has 0 fully saturated rings. The normalized spacial score (nSPS) is 19.3. The van der Waals surface area contributed by atoms with Crippen molar-refractivity contribution in [3.05, 3.63) is 36.0 Å². The van der Waals surface area contributed by atoms with Crippen molar-refractivity contribution in [2.45, 2.75) is 70.8 Å². The van der Waals surface area contributed by atoms with E-state index in [1.165, 1.54) is 0 Å². The van der Waals surface area contributed by atoms with Crippen LogP contribution in [-0.4, -0.2) is 28.1 Å². The van der Waals surface area contributed by atoms with Crippen LogP contribution in [0.25, 0.3) is 0 Å². The first-order valence-corrected chi connectivity index (χ1v) is 9.00. The van der Waals surface area contributed by atoms with Gasteiger partial charge in [0.2, 0.25) is 0 Å². The van der Waals surface area contributed by atoms with Crippen molar-refractivity contribution in [3.8, 4) is 0 Å². The summed E-state index contributed by atoms with van der Waals surface area (Å²) in [6.45, 7) is 2.14. The maximum absolute atomic E-state index is 12.0. The fourth-order valence-corrected chi connectivity index (χ4v) is 2.78. The number of carbonyl (C=O) groups excluding carboxylic acids is 1. The van der Waals surface area contributed by atoms with E-state index in [1.807, 2.05) is 24.3 Å². The SMILES string of the molecule is CCCCC[C@H](O)C=CC1=CCC(=O)[C@@H]1CC=CCCCC(=O)O. The van der Waals surface area contributed by atoms with Crippen molar-refractivity contribution < 1.29 is 19.8 Å². The Morgan fingerprint density at radius 1 is 1.33 bits per heavy atom. The molecule has 2 N–H and O–H groups in total. The van der Waals surface area contributed by atoms with E-state index in [0.29, 0.717) is 19.3 Å². The Morgan fingerprint density at radius 3 is 2.83 bits per heavy atom. The topological polar surface area (TPSA) is 74.6 Å². The second-order valence-corrected chi connectivity index (χ2v) is 6.34. The number of aliphatic carboxylic acids is 1. The maximum Gasteiger partial charge on any atom is 0.303 e. The van der Waals surface area contributed by atoms with Crippen LogP contribution in [0.3, 0.4) is 0 Å². The largest absolute Gasteiger partial charge is 0.481 e. The van der Waals surface area contributed by atoms with Crippen LogP contribution in [-0.2, 0) is 9.59 Å². The number of carboxylic acid groups (broad SMARTS) is 1. The van der Waals surface area contributed by atoms with E-state index < -0.39 is 12.1 Å². The van der Waals surface area contributed by atoms with Gasteiger partial charge in [0.15, 0.2) is 0 Å². The number of unbranched alkanes of at least 4 members (excludes halogenated alkanes) is 3. The quantitative estimate of drug-likeness (QED) is 0.414. The van der Waals surface area contributed by atoms with E-state index in [9.17, 15) is 14.7 Å². The molecule has 0 amide bonds. The van der Waals surface area contributed by atoms with Crippen LogP contribution in [0.5, 0.6) is 0 Å². The highest BCUT2D eigenvalue weighted by Crippen LogP contribution is 2.27. The number of aliphatic hydroxyl groups excluding tert-OH is 1. The minimum absolute atomic E-state index is 0.125. The summed E-state index contributed by atoms with van der Waals surface area (Å²) in [6.07, 6.45) is 15.8. The molecule has 1 rings (SSSR count). The van der Waals surface area contributed by atoms with E-state index in [2.05, 4.69) is 6.92 Å². The van der Waals surface area contributed by atoms with Gasteiger partial charge in [0.1, 0.15) is 5.78 Å². The van der Waals surface area contributed by atoms with Crippen LogP contribution in [0.4, 0.5) is 0 Å². The highest BCUT2D eigenvalue weighted by atomic mass is 16.4. The van der Waals surface area contributed by atoms with E-state index in [-0.39, 0.29) is 18.1 Å². The molecule has 0 saturated carbocycles. The molecule has 0 aromatic rings. The summed E-state index contributed by atoms with van der Waals surface area (Å²) in [7, 11) is 0. The summed E-state index contributed by atoms with van der Waals surface area (Å²) in [6, 6.07) is 0. The summed E-state index contributed by atoms with van der Waals surface area (Å²) < 4.78 is 0. The predicted octanol–water partition coefficient (Wildman–Crippen LogP) is 4.20. The first kappa shape index (κ1) is 20.4. The second kappa shape index (κ2) is 11.8. The first-order valence-electron chi connectivity index (χ1n) is 9.00. The summed E-state index contributed by atoms with van der Waals surface area (Å²) >= 11 is 0. The van der Waals surface area contributed by atoms with E-state index >= 15 is 0 Å². The molecule has 0 aliphatic heterocycles. The lowest BCUT2D eigenvalue weighted by Crippen LogP contribution is -2.09. The number of carboxylic acids is 1. The third-order valence-corrected chi connectivity index (χ3v) is 4.24. The molecule has 0 heterocycles. The zero-order valence-corrected chi connectivity index (χ0v) is 14.6. The number of hydrogen-bond acceptors (Lipinski definition) is 3. The minimum Gasteiger partial charge on any atom is -0.481 e. The number of hydrogen-bond donors (Lipinski definition) is 2. The standard InChI is InChI=1S/C20H30O4/c1-2-3-6-9-17(21)14-12-16-13-15-19(22)18(16)10-7-4-5-8-11-20(23)24/h4,7,12-14,17-18,21H,2-3,5-6,8-11,15H2,1H3,(H,23,24)/t17-,18+/m0/s1. The molecule has 0 radical (unpaired) electrons. The van der Waals surface area contributed by atoms with Gasteiger partial charge in [0, 0.05) is 18.8 Å². The van der Waals surface area contributed by atoms with Gasteiger partial charge in [0.05, 0.1) is 6.10 Å². The molecule has 4 nitrogen and oxygen atoms in total. The van der Waals surface area contributed by atoms with Crippen molar-refractivity contribution >= 4 is 11.8 Å². The van der Waals surface area contributed by atoms with Crippen molar-refractivity contribution in [2.24, 2.45) is 5.92 Å². The van der Waals surface area contributed by atoms with Gasteiger partial charge in [-0.2, -0.15) is 0 Å². The van der Waals surface area contributed by atoms with Crippen molar-refractivity contribution in [1.29, 1.82) is 0 Å². The van der Waals surface area contributed by atoms with Crippen molar-refractivity contribution in [3.63, 3.8) is 0 Å². The van der Waals surface area contributed by atoms with Gasteiger partial charge >= 0.3 is 5.97 Å². The lowest BCUT2D eigenvalue weighted by Gasteiger charge is -2.09. The lowest BCUT2D eigenvalue weighted by atomic mass is 9.95. The molecule has 2 atom stereocenters. The number of carbonyl (C=O) groups is 2. The average molecular weight is 334 g/mol. The van der Waals surface area contributed by atoms with Crippen LogP contribution in [0.1, 0.15) is 64.7 Å². The van der Waals surface area contributed by atoms with Gasteiger partial charge in [-0.1, -0.05) is 56.6 Å². The molecule has 0 aromatic carbocycles. The van der Waals surface area contributed by atoms with Gasteiger partial charge in [-0.15, -0.1) is 0 Å². The average Bonchev–Trinajstić information content (AvgIpc) is 2.89. The number of ketones is 1. The predicted molar refractivity (Wildman–Crippen MR) is 95.7 cm³/mol. The summed E-state index contributed by atoms with van der Waals surface area (Å²) in [5.74, 6) is -0.688. The molecule has 1 aliphatic rings. The molecule has 0 spiro atoms. The molecule has 0 unspecified atom stereocenters. The molecular weight excluding hydrogens is 304 g/mol. The third-order valence-electron chi connectivity index (χ3n) is 4.24. The summed E-state index contributed by atoms with van der Waals surface area (Å²) in [4.78, 5) is 22.4. The van der Waals surface area contributed by atoms with Gasteiger partial charge in [0.25, 0.3) is 0 Å². The first-order chi connectivity index (χ1) is 11.5. The van der Waals surface area contributed by atoms with Crippen molar-refractivity contribution in [2.75, 3.05) is 0 Å². The Morgan fingerprint density at radius 2 is 2.12 bits per heavy atom. The fourth-order valence-electron chi connectivity index (χ4n) is 2.78. The number of Topliss-reactive ketones (excluding diaryl/α,β-unsaturated/α-hetero) is 1. The van der Waals surface area contributed by atoms with E-state index in [0.717, 1.165) is 37.7 Å². The lowest BCUT2D eigenvalue weighted by molar-refractivity contribution is -0.137. The van der Waals surface area contributed by atoms with E-state index in [1.54, 1.807) is 6.08 Å². The molecule has 1 aliphatic carbocycles. The zero-order valence-electron chi connectivity index (χ0n) is 14.6. The summed E-state index contributed by atoms with van der Waals surface area (Å²) in [5, 5.41) is 18.5. The third kappa shape index (κ3) is 8.25. The Balaban J connectivity index is 2.39. The Kier molecular flexibility index (Phi) is 10.0. The fraction of sp³-hybridized carbons (Fsp3) is 0.600. The number of allylic oxidation sites excluding steroid dienone is 5. The monoisotopic (exact) mass is 334 g/mol. The molecule has 0 aromatic heterocycles. The summed E-state index contributed by atoms with van der Waals surface area (Å²) in [5.41, 5.74) is 0.990. The highest BCUT2D eigenvalue weighted by molar-refractivity contribution is 5.89. The van der Waals surface area contributed by atoms with Crippen LogP contribution >= 0.6 is 0 Å². The molecule has 0 bridgehead atoms. The highest BCUT2D eigenvalue weighted by Gasteiger charge is 2.24. The molecule has 4 heteroatoms. The minimum atomic E-state index is -0.776. The van der Waals surface area contributed by atoms with Gasteiger partial charge in [-0.05, 0) is 31.3 Å². The van der Waals surface area contributed by atoms with Crippen LogP contribution in [0.2, 0.25) is 0 Å². The van der Waals surface area contributed by atoms with Gasteiger partial charge in [-0.3, -0.25) is 9.59 Å². The Hall–Kier alpha value is -1.68. The van der Waals surface area contributed by atoms with E-state index in [4.69, 9.17) is 5.11 Å². The maximum atomic E-state index is 12.0. The second-order valence-electron chi connectivity index (χ2n) is 6.34. The van der Waals surface area contributed by atoms with Crippen LogP contribution < -0.4 is 0 Å². The van der Waals surface area contributed by atoms with Crippen molar-refractivity contribution in [1.82, 2.24) is 0 Å². The van der Waals surface area contributed by atoms with Gasteiger partial charge in [-0.25, -0.2) is 0 Å². The molecule has 24 heavy (non-hydrogen) atoms. The smallest absolute Gasteiger partial charge is 0.303 e. The number of aliphatic hydroxyl groups is 1. The zero-order chi connectivity index (χ0) is 17.8. The molecule has 0 saturated heterocycles. The Bertz CT molecular complexity index is 488. The number of rotatable bonds is 12. The molecule has 134 valence electrons. The Labute approximate surface area is 145 Å².